The van der Waals surface area contributed by atoms with E-state index in [4.69, 9.17) is 9.72 Å². The number of aromatic nitrogens is 2. The summed E-state index contributed by atoms with van der Waals surface area (Å²) in [6.45, 7) is 4.64. The third-order valence-electron chi connectivity index (χ3n) is 5.61. The van der Waals surface area contributed by atoms with Crippen LogP contribution in [0.25, 0.3) is 11.0 Å². The van der Waals surface area contributed by atoms with Gasteiger partial charge in [0.15, 0.2) is 0 Å². The average Bonchev–Trinajstić information content (AvgIpc) is 3.35. The van der Waals surface area contributed by atoms with Crippen molar-refractivity contribution in [3.05, 3.63) is 59.9 Å². The molecule has 6 heteroatoms. The van der Waals surface area contributed by atoms with E-state index in [0.717, 1.165) is 61.8 Å². The molecule has 3 aromatic rings. The number of fused-ring (bicyclic) bond motifs is 3. The Morgan fingerprint density at radius 1 is 1.18 bits per heavy atom. The van der Waals surface area contributed by atoms with E-state index >= 15 is 0 Å². The van der Waals surface area contributed by atoms with Crippen LogP contribution in [0.15, 0.2) is 48.5 Å². The molecule has 1 fully saturated rings. The minimum Gasteiger partial charge on any atom is -0.377 e. The lowest BCUT2D eigenvalue weighted by atomic mass is 10.1. The first-order chi connectivity index (χ1) is 13.8. The lowest BCUT2D eigenvalue weighted by Gasteiger charge is -2.29. The van der Waals surface area contributed by atoms with Gasteiger partial charge >= 0.3 is 0 Å². The van der Waals surface area contributed by atoms with Gasteiger partial charge in [-0.25, -0.2) is 4.98 Å². The summed E-state index contributed by atoms with van der Waals surface area (Å²) in [4.78, 5) is 19.8. The maximum atomic E-state index is 12.6. The van der Waals surface area contributed by atoms with Gasteiger partial charge in [-0.2, -0.15) is 0 Å². The number of para-hydroxylation sites is 1. The highest BCUT2D eigenvalue weighted by Crippen LogP contribution is 2.24. The smallest absolute Gasteiger partial charge is 0.255 e. The maximum absolute atomic E-state index is 12.6. The largest absolute Gasteiger partial charge is 0.377 e. The van der Waals surface area contributed by atoms with Crippen LogP contribution >= 0.6 is 0 Å². The number of nitrogens with one attached hydrogen (secondary N) is 1. The number of hydrogen-bond donors (Lipinski definition) is 1. The molecule has 0 bridgehead atoms. The van der Waals surface area contributed by atoms with E-state index in [1.807, 2.05) is 48.5 Å². The van der Waals surface area contributed by atoms with Gasteiger partial charge in [-0.05, 0) is 43.2 Å². The fourth-order valence-electron chi connectivity index (χ4n) is 4.17. The molecule has 5 rings (SSSR count). The zero-order valence-corrected chi connectivity index (χ0v) is 15.8. The summed E-state index contributed by atoms with van der Waals surface area (Å²) in [7, 11) is 0. The Bertz CT molecular complexity index is 992. The van der Waals surface area contributed by atoms with Crippen molar-refractivity contribution in [3.8, 4) is 0 Å². The quantitative estimate of drug-likeness (QED) is 0.759. The molecular formula is C22H24N4O2. The number of rotatable bonds is 4. The van der Waals surface area contributed by atoms with Gasteiger partial charge in [0.1, 0.15) is 5.82 Å². The number of carbonyl (C=O) groups excluding carboxylic acids is 1. The molecule has 144 valence electrons. The molecule has 0 unspecified atom stereocenters. The van der Waals surface area contributed by atoms with Crippen molar-refractivity contribution >= 4 is 22.6 Å². The van der Waals surface area contributed by atoms with Crippen molar-refractivity contribution in [3.63, 3.8) is 0 Å². The highest BCUT2D eigenvalue weighted by molar-refractivity contribution is 6.05. The summed E-state index contributed by atoms with van der Waals surface area (Å²) in [5, 5.41) is 2.94. The Morgan fingerprint density at radius 2 is 2.07 bits per heavy atom. The molecule has 0 saturated carbocycles. The molecule has 2 aliphatic rings. The van der Waals surface area contributed by atoms with Gasteiger partial charge in [-0.3, -0.25) is 9.69 Å². The van der Waals surface area contributed by atoms with E-state index in [1.165, 1.54) is 6.42 Å². The van der Waals surface area contributed by atoms with Crippen LogP contribution in [0.4, 0.5) is 5.69 Å². The SMILES string of the molecule is O=C(Nc1ccccc1)c1ccc2c(c1)nc1n2CCN(C[C@H]2CCCO2)C1. The second-order valence-electron chi connectivity index (χ2n) is 7.57. The van der Waals surface area contributed by atoms with Gasteiger partial charge in [0.05, 0.1) is 23.7 Å². The van der Waals surface area contributed by atoms with Crippen molar-refractivity contribution in [2.45, 2.75) is 32.0 Å². The Morgan fingerprint density at radius 3 is 2.89 bits per heavy atom. The summed E-state index contributed by atoms with van der Waals surface area (Å²) in [6, 6.07) is 15.3. The normalized spacial score (nSPS) is 19.6. The number of carbonyl (C=O) groups is 1. The van der Waals surface area contributed by atoms with Crippen molar-refractivity contribution in [1.29, 1.82) is 0 Å². The zero-order chi connectivity index (χ0) is 18.9. The van der Waals surface area contributed by atoms with Crippen LogP contribution in [0.5, 0.6) is 0 Å². The van der Waals surface area contributed by atoms with Gasteiger partial charge in [0.2, 0.25) is 0 Å². The topological polar surface area (TPSA) is 59.4 Å². The molecule has 0 aliphatic carbocycles. The first-order valence-electron chi connectivity index (χ1n) is 9.96. The number of anilines is 1. The predicted molar refractivity (Wildman–Crippen MR) is 108 cm³/mol. The third-order valence-corrected chi connectivity index (χ3v) is 5.61. The van der Waals surface area contributed by atoms with E-state index in [-0.39, 0.29) is 5.91 Å². The molecule has 1 saturated heterocycles. The van der Waals surface area contributed by atoms with Crippen molar-refractivity contribution < 1.29 is 9.53 Å². The minimum atomic E-state index is -0.112. The third kappa shape index (κ3) is 3.41. The number of benzene rings is 2. The maximum Gasteiger partial charge on any atom is 0.255 e. The molecule has 1 atom stereocenters. The minimum absolute atomic E-state index is 0.112. The standard InChI is InChI=1S/C22H24N4O2/c27-22(23-17-5-2-1-3-6-17)16-8-9-20-19(13-16)24-21-15-25(10-11-26(20)21)14-18-7-4-12-28-18/h1-3,5-6,8-9,13,18H,4,7,10-12,14-15H2,(H,23,27)/t18-/m1/s1. The number of ether oxygens (including phenoxy) is 1. The highest BCUT2D eigenvalue weighted by Gasteiger charge is 2.24. The van der Waals surface area contributed by atoms with Crippen LogP contribution in [0.3, 0.4) is 0 Å². The van der Waals surface area contributed by atoms with Gasteiger partial charge in [-0.1, -0.05) is 18.2 Å². The van der Waals surface area contributed by atoms with Gasteiger partial charge < -0.3 is 14.6 Å². The number of nitrogens with zero attached hydrogens (tertiary/aromatic N) is 3. The monoisotopic (exact) mass is 376 g/mol. The molecule has 0 radical (unpaired) electrons. The van der Waals surface area contributed by atoms with Crippen LogP contribution in [-0.4, -0.2) is 46.2 Å². The van der Waals surface area contributed by atoms with Crippen LogP contribution in [0.2, 0.25) is 0 Å². The second-order valence-corrected chi connectivity index (χ2v) is 7.57. The van der Waals surface area contributed by atoms with E-state index < -0.39 is 0 Å². The Balaban J connectivity index is 1.34. The molecule has 1 aromatic heterocycles. The lowest BCUT2D eigenvalue weighted by molar-refractivity contribution is 0.0636. The van der Waals surface area contributed by atoms with Crippen molar-refractivity contribution in [1.82, 2.24) is 14.5 Å². The second kappa shape index (κ2) is 7.37. The zero-order valence-electron chi connectivity index (χ0n) is 15.8. The highest BCUT2D eigenvalue weighted by atomic mass is 16.5. The fraction of sp³-hybridized carbons (Fsp3) is 0.364. The van der Waals surface area contributed by atoms with E-state index in [1.54, 1.807) is 0 Å². The Kier molecular flexibility index (Phi) is 4.58. The fourth-order valence-corrected chi connectivity index (χ4v) is 4.17. The molecule has 1 N–H and O–H groups in total. The van der Waals surface area contributed by atoms with Gasteiger partial charge in [0.25, 0.3) is 5.91 Å². The summed E-state index contributed by atoms with van der Waals surface area (Å²) in [5.41, 5.74) is 3.40. The van der Waals surface area contributed by atoms with E-state index in [0.29, 0.717) is 11.7 Å². The molecule has 1 amide bonds. The van der Waals surface area contributed by atoms with Gasteiger partial charge in [0, 0.05) is 37.5 Å². The molecule has 2 aliphatic heterocycles. The van der Waals surface area contributed by atoms with Crippen molar-refractivity contribution in [2.24, 2.45) is 0 Å². The van der Waals surface area contributed by atoms with Crippen LogP contribution in [-0.2, 0) is 17.8 Å². The van der Waals surface area contributed by atoms with E-state index in [2.05, 4.69) is 14.8 Å². The summed E-state index contributed by atoms with van der Waals surface area (Å²) >= 11 is 0. The number of imidazole rings is 1. The Hall–Kier alpha value is -2.70. The molecule has 28 heavy (non-hydrogen) atoms. The average molecular weight is 376 g/mol. The van der Waals surface area contributed by atoms with Crippen LogP contribution in [0.1, 0.15) is 29.0 Å². The Labute approximate surface area is 164 Å². The predicted octanol–water partition coefficient (Wildman–Crippen LogP) is 3.28. The van der Waals surface area contributed by atoms with Crippen molar-refractivity contribution in [2.75, 3.05) is 25.0 Å². The number of amides is 1. The summed E-state index contributed by atoms with van der Waals surface area (Å²) < 4.78 is 8.06. The van der Waals surface area contributed by atoms with Gasteiger partial charge in [-0.15, -0.1) is 0 Å². The van der Waals surface area contributed by atoms with Crippen LogP contribution < -0.4 is 5.32 Å². The van der Waals surface area contributed by atoms with Crippen LogP contribution in [0, 0.1) is 0 Å². The molecule has 3 heterocycles. The van der Waals surface area contributed by atoms with E-state index in [9.17, 15) is 4.79 Å². The molecule has 6 nitrogen and oxygen atoms in total. The molecular weight excluding hydrogens is 352 g/mol. The summed E-state index contributed by atoms with van der Waals surface area (Å²) in [6.07, 6.45) is 2.70. The first kappa shape index (κ1) is 17.4. The lowest BCUT2D eigenvalue weighted by Crippen LogP contribution is -2.38. The molecule has 0 spiro atoms. The number of hydrogen-bond acceptors (Lipinski definition) is 4. The molecule has 2 aromatic carbocycles. The first-order valence-corrected chi connectivity index (χ1v) is 9.96. The summed E-state index contributed by atoms with van der Waals surface area (Å²) in [5.74, 6) is 0.957.